The number of hydrogen-bond donors (Lipinski definition) is 2. The molecule has 0 radical (unpaired) electrons. The monoisotopic (exact) mass is 312 g/mol. The summed E-state index contributed by atoms with van der Waals surface area (Å²) in [7, 11) is 0. The van der Waals surface area contributed by atoms with E-state index in [1.165, 1.54) is 11.1 Å². The van der Waals surface area contributed by atoms with Crippen LogP contribution >= 0.6 is 15.9 Å². The molecule has 4 heteroatoms. The molecule has 1 aromatic rings. The number of rotatable bonds is 6. The van der Waals surface area contributed by atoms with Gasteiger partial charge in [-0.05, 0) is 38.0 Å². The van der Waals surface area contributed by atoms with Crippen LogP contribution in [0.4, 0.5) is 0 Å². The first kappa shape index (κ1) is 15.2. The molecule has 0 heterocycles. The van der Waals surface area contributed by atoms with Gasteiger partial charge >= 0.3 is 0 Å². The fourth-order valence-electron chi connectivity index (χ4n) is 1.58. The number of amides is 1. The molecular weight excluding hydrogens is 292 g/mol. The molecule has 0 saturated heterocycles. The van der Waals surface area contributed by atoms with Crippen molar-refractivity contribution in [3.05, 3.63) is 33.8 Å². The Morgan fingerprint density at radius 2 is 2.11 bits per heavy atom. The molecule has 0 aliphatic heterocycles. The van der Waals surface area contributed by atoms with E-state index in [-0.39, 0.29) is 11.9 Å². The van der Waals surface area contributed by atoms with Crippen molar-refractivity contribution < 1.29 is 4.79 Å². The lowest BCUT2D eigenvalue weighted by atomic mass is 10.1. The topological polar surface area (TPSA) is 41.1 Å². The van der Waals surface area contributed by atoms with Gasteiger partial charge in [0.25, 0.3) is 0 Å². The Kier molecular flexibility index (Phi) is 6.36. The summed E-state index contributed by atoms with van der Waals surface area (Å²) in [5.41, 5.74) is 2.45. The van der Waals surface area contributed by atoms with Crippen LogP contribution in [0.15, 0.2) is 22.7 Å². The third kappa shape index (κ3) is 5.65. The van der Waals surface area contributed by atoms with Crippen molar-refractivity contribution in [2.45, 2.75) is 39.8 Å². The highest BCUT2D eigenvalue weighted by molar-refractivity contribution is 9.10. The number of aryl methyl sites for hydroxylation is 1. The van der Waals surface area contributed by atoms with Gasteiger partial charge in [0.05, 0.1) is 0 Å². The molecule has 0 bridgehead atoms. The van der Waals surface area contributed by atoms with Crippen molar-refractivity contribution >= 4 is 21.8 Å². The van der Waals surface area contributed by atoms with Crippen molar-refractivity contribution in [2.75, 3.05) is 6.54 Å². The number of nitrogens with one attached hydrogen (secondary N) is 2. The molecule has 100 valence electrons. The van der Waals surface area contributed by atoms with Crippen molar-refractivity contribution in [1.82, 2.24) is 10.6 Å². The van der Waals surface area contributed by atoms with Gasteiger partial charge in [-0.3, -0.25) is 4.79 Å². The molecule has 18 heavy (non-hydrogen) atoms. The number of halogens is 1. The molecule has 0 unspecified atom stereocenters. The van der Waals surface area contributed by atoms with Crippen molar-refractivity contribution in [3.8, 4) is 0 Å². The standard InChI is InChI=1S/C14H21BrN2O/c1-10(2)17-14(18)6-7-16-9-12-5-4-11(3)13(15)8-12/h4-5,8,10,16H,6-7,9H2,1-3H3,(H,17,18). The predicted octanol–water partition coefficient (Wildman–Crippen LogP) is 2.76. The first-order chi connectivity index (χ1) is 8.49. The van der Waals surface area contributed by atoms with Crippen molar-refractivity contribution in [3.63, 3.8) is 0 Å². The van der Waals surface area contributed by atoms with Gasteiger partial charge in [-0.15, -0.1) is 0 Å². The summed E-state index contributed by atoms with van der Waals surface area (Å²) in [5, 5.41) is 6.14. The van der Waals surface area contributed by atoms with Gasteiger partial charge < -0.3 is 10.6 Å². The summed E-state index contributed by atoms with van der Waals surface area (Å²) >= 11 is 3.51. The minimum Gasteiger partial charge on any atom is -0.354 e. The van der Waals surface area contributed by atoms with Crippen LogP contribution in [0.25, 0.3) is 0 Å². The Balaban J connectivity index is 2.25. The highest BCUT2D eigenvalue weighted by Gasteiger charge is 2.02. The second-order valence-corrected chi connectivity index (χ2v) is 5.59. The highest BCUT2D eigenvalue weighted by atomic mass is 79.9. The van der Waals surface area contributed by atoms with E-state index in [0.717, 1.165) is 11.0 Å². The number of benzene rings is 1. The van der Waals surface area contributed by atoms with Crippen LogP contribution in [-0.2, 0) is 11.3 Å². The smallest absolute Gasteiger partial charge is 0.221 e. The van der Waals surface area contributed by atoms with Crippen LogP contribution in [0.1, 0.15) is 31.4 Å². The highest BCUT2D eigenvalue weighted by Crippen LogP contribution is 2.17. The Bertz CT molecular complexity index is 405. The van der Waals surface area contributed by atoms with E-state index in [0.29, 0.717) is 13.0 Å². The van der Waals surface area contributed by atoms with Gasteiger partial charge in [-0.2, -0.15) is 0 Å². The zero-order valence-corrected chi connectivity index (χ0v) is 12.8. The lowest BCUT2D eigenvalue weighted by Crippen LogP contribution is -2.32. The number of carbonyl (C=O) groups excluding carboxylic acids is 1. The van der Waals surface area contributed by atoms with Crippen LogP contribution in [-0.4, -0.2) is 18.5 Å². The summed E-state index contributed by atoms with van der Waals surface area (Å²) in [4.78, 5) is 11.4. The Hall–Kier alpha value is -0.870. The van der Waals surface area contributed by atoms with Crippen LogP contribution in [0.5, 0.6) is 0 Å². The van der Waals surface area contributed by atoms with E-state index in [1.54, 1.807) is 0 Å². The van der Waals surface area contributed by atoms with E-state index in [4.69, 9.17) is 0 Å². The third-order valence-corrected chi connectivity index (χ3v) is 3.40. The summed E-state index contributed by atoms with van der Waals surface area (Å²) in [6, 6.07) is 6.51. The van der Waals surface area contributed by atoms with E-state index in [9.17, 15) is 4.79 Å². The predicted molar refractivity (Wildman–Crippen MR) is 78.5 cm³/mol. The van der Waals surface area contributed by atoms with Crippen LogP contribution < -0.4 is 10.6 Å². The zero-order valence-electron chi connectivity index (χ0n) is 11.2. The van der Waals surface area contributed by atoms with Gasteiger partial charge in [0, 0.05) is 30.0 Å². The Morgan fingerprint density at radius 3 is 2.72 bits per heavy atom. The number of carbonyl (C=O) groups is 1. The van der Waals surface area contributed by atoms with Gasteiger partial charge in [0.15, 0.2) is 0 Å². The molecule has 1 rings (SSSR count). The van der Waals surface area contributed by atoms with Gasteiger partial charge in [0.2, 0.25) is 5.91 Å². The van der Waals surface area contributed by atoms with Gasteiger partial charge in [0.1, 0.15) is 0 Å². The average molecular weight is 313 g/mol. The second-order valence-electron chi connectivity index (χ2n) is 4.73. The SMILES string of the molecule is Cc1ccc(CNCCC(=O)NC(C)C)cc1Br. The molecule has 0 spiro atoms. The average Bonchev–Trinajstić information content (AvgIpc) is 2.28. The van der Waals surface area contributed by atoms with Crippen LogP contribution in [0, 0.1) is 6.92 Å². The quantitative estimate of drug-likeness (QED) is 0.793. The second kappa shape index (κ2) is 7.54. The summed E-state index contributed by atoms with van der Waals surface area (Å²) < 4.78 is 1.12. The summed E-state index contributed by atoms with van der Waals surface area (Å²) in [6.07, 6.45) is 0.519. The largest absolute Gasteiger partial charge is 0.354 e. The maximum atomic E-state index is 11.4. The molecule has 3 nitrogen and oxygen atoms in total. The van der Waals surface area contributed by atoms with Gasteiger partial charge in [-0.25, -0.2) is 0 Å². The lowest BCUT2D eigenvalue weighted by Gasteiger charge is -2.09. The molecular formula is C14H21BrN2O. The van der Waals surface area contributed by atoms with E-state index in [2.05, 4.69) is 51.7 Å². The minimum atomic E-state index is 0.0996. The third-order valence-electron chi connectivity index (χ3n) is 2.54. The minimum absolute atomic E-state index is 0.0996. The first-order valence-electron chi connectivity index (χ1n) is 6.24. The lowest BCUT2D eigenvalue weighted by molar-refractivity contribution is -0.121. The molecule has 0 aliphatic carbocycles. The molecule has 1 amide bonds. The fraction of sp³-hybridized carbons (Fsp3) is 0.500. The van der Waals surface area contributed by atoms with Crippen LogP contribution in [0.2, 0.25) is 0 Å². The van der Waals surface area contributed by atoms with Crippen LogP contribution in [0.3, 0.4) is 0 Å². The molecule has 0 fully saturated rings. The Labute approximate surface area is 117 Å². The van der Waals surface area contributed by atoms with E-state index < -0.39 is 0 Å². The summed E-state index contributed by atoms with van der Waals surface area (Å²) in [6.45, 7) is 7.49. The maximum absolute atomic E-state index is 11.4. The van der Waals surface area contributed by atoms with E-state index in [1.807, 2.05) is 13.8 Å². The van der Waals surface area contributed by atoms with Gasteiger partial charge in [-0.1, -0.05) is 28.1 Å². The van der Waals surface area contributed by atoms with Crippen molar-refractivity contribution in [1.29, 1.82) is 0 Å². The first-order valence-corrected chi connectivity index (χ1v) is 7.03. The molecule has 2 N–H and O–H groups in total. The molecule has 0 aromatic heterocycles. The Morgan fingerprint density at radius 1 is 1.39 bits per heavy atom. The van der Waals surface area contributed by atoms with Crippen molar-refractivity contribution in [2.24, 2.45) is 0 Å². The maximum Gasteiger partial charge on any atom is 0.221 e. The van der Waals surface area contributed by atoms with E-state index >= 15 is 0 Å². The molecule has 0 aliphatic rings. The zero-order chi connectivity index (χ0) is 13.5. The normalized spacial score (nSPS) is 10.7. The molecule has 1 aromatic carbocycles. The summed E-state index contributed by atoms with van der Waals surface area (Å²) in [5.74, 6) is 0.0996. The molecule has 0 atom stereocenters. The fourth-order valence-corrected chi connectivity index (χ4v) is 2.00. The number of hydrogen-bond acceptors (Lipinski definition) is 2. The molecule has 0 saturated carbocycles.